The van der Waals surface area contributed by atoms with Crippen LogP contribution in [0.4, 0.5) is 0 Å². The summed E-state index contributed by atoms with van der Waals surface area (Å²) in [5.41, 5.74) is 0.362. The third-order valence-corrected chi connectivity index (χ3v) is 11.2. The van der Waals surface area contributed by atoms with Crippen LogP contribution in [0.25, 0.3) is 0 Å². The maximum atomic E-state index is 12.4. The van der Waals surface area contributed by atoms with Crippen molar-refractivity contribution in [1.82, 2.24) is 0 Å². The van der Waals surface area contributed by atoms with E-state index in [1.54, 1.807) is 6.92 Å². The molecule has 4 N–H and O–H groups in total. The van der Waals surface area contributed by atoms with Crippen molar-refractivity contribution in [3.63, 3.8) is 0 Å². The predicted molar refractivity (Wildman–Crippen MR) is 125 cm³/mol. The molecule has 0 radical (unpaired) electrons. The minimum Gasteiger partial charge on any atom is -0.479 e. The van der Waals surface area contributed by atoms with E-state index in [9.17, 15) is 30.0 Å². The average Bonchev–Trinajstić information content (AvgIpc) is 3.17. The zero-order chi connectivity index (χ0) is 25.3. The molecule has 5 rings (SSSR count). The Morgan fingerprint density at radius 2 is 1.54 bits per heavy atom. The summed E-state index contributed by atoms with van der Waals surface area (Å²) in [6.45, 7) is 6.59. The standard InChI is InChI=1S/C27H42O8/c1-13(28)17-6-7-18-16-5-4-14-12-15(8-10-26(14,2)19(16)9-11-27(17,18)3)34-25-22(31)20(29)21(30)23(35-25)24(32)33/h14-23,25,29-31H,4-12H2,1-3H3,(H,32,33)/t14-,15-,16+,17-,18+,19+,20+,21+,22-,23-,25-,26+,27-/m1/s1. The van der Waals surface area contributed by atoms with E-state index < -0.39 is 36.7 Å². The Labute approximate surface area is 207 Å². The second kappa shape index (κ2) is 9.05. The molecular weight excluding hydrogens is 452 g/mol. The van der Waals surface area contributed by atoms with Crippen LogP contribution in [0.5, 0.6) is 0 Å². The Kier molecular flexibility index (Phi) is 6.61. The molecule has 4 saturated carbocycles. The molecule has 1 aliphatic heterocycles. The Morgan fingerprint density at radius 3 is 2.23 bits per heavy atom. The fourth-order valence-electron chi connectivity index (χ4n) is 9.36. The summed E-state index contributed by atoms with van der Waals surface area (Å²) in [6.07, 6.45) is 1.46. The molecule has 35 heavy (non-hydrogen) atoms. The third-order valence-electron chi connectivity index (χ3n) is 11.2. The number of carboxylic acid groups (broad SMARTS) is 1. The minimum absolute atomic E-state index is 0.150. The van der Waals surface area contributed by atoms with Gasteiger partial charge in [-0.05, 0) is 99.2 Å². The van der Waals surface area contributed by atoms with Gasteiger partial charge < -0.3 is 29.9 Å². The zero-order valence-corrected chi connectivity index (χ0v) is 21.1. The van der Waals surface area contributed by atoms with Gasteiger partial charge in [0, 0.05) is 5.92 Å². The van der Waals surface area contributed by atoms with E-state index in [0.29, 0.717) is 29.5 Å². The number of aliphatic hydroxyl groups is 3. The van der Waals surface area contributed by atoms with Crippen LogP contribution in [0.3, 0.4) is 0 Å². The predicted octanol–water partition coefficient (Wildman–Crippen LogP) is 2.51. The summed E-state index contributed by atoms with van der Waals surface area (Å²) in [4.78, 5) is 23.8. The molecule has 13 atom stereocenters. The maximum Gasteiger partial charge on any atom is 0.335 e. The number of ether oxygens (including phenoxy) is 2. The highest BCUT2D eigenvalue weighted by Crippen LogP contribution is 2.67. The lowest BCUT2D eigenvalue weighted by atomic mass is 9.44. The van der Waals surface area contributed by atoms with E-state index in [1.165, 1.54) is 19.3 Å². The van der Waals surface area contributed by atoms with Gasteiger partial charge in [0.05, 0.1) is 6.10 Å². The van der Waals surface area contributed by atoms with Gasteiger partial charge in [-0.3, -0.25) is 4.79 Å². The molecule has 5 fully saturated rings. The Balaban J connectivity index is 1.26. The van der Waals surface area contributed by atoms with Gasteiger partial charge >= 0.3 is 5.97 Å². The van der Waals surface area contributed by atoms with Crippen molar-refractivity contribution in [3.05, 3.63) is 0 Å². The smallest absolute Gasteiger partial charge is 0.335 e. The van der Waals surface area contributed by atoms with E-state index in [2.05, 4.69) is 13.8 Å². The molecule has 0 aromatic rings. The second-order valence-corrected chi connectivity index (χ2v) is 12.7. The van der Waals surface area contributed by atoms with E-state index in [1.807, 2.05) is 0 Å². The van der Waals surface area contributed by atoms with Crippen molar-refractivity contribution in [2.24, 2.45) is 40.4 Å². The molecule has 5 aliphatic rings. The molecule has 8 heteroatoms. The van der Waals surface area contributed by atoms with E-state index in [4.69, 9.17) is 9.47 Å². The fourth-order valence-corrected chi connectivity index (χ4v) is 9.36. The molecule has 0 aromatic heterocycles. The quantitative estimate of drug-likeness (QED) is 0.438. The summed E-state index contributed by atoms with van der Waals surface area (Å²) in [6, 6.07) is 0. The first-order valence-electron chi connectivity index (χ1n) is 13.6. The molecule has 4 aliphatic carbocycles. The number of fused-ring (bicyclic) bond motifs is 5. The number of hydrogen-bond donors (Lipinski definition) is 4. The fraction of sp³-hybridized carbons (Fsp3) is 0.926. The number of aliphatic carboxylic acids is 1. The Bertz CT molecular complexity index is 847. The van der Waals surface area contributed by atoms with Crippen molar-refractivity contribution in [2.45, 2.75) is 115 Å². The average molecular weight is 495 g/mol. The molecule has 1 saturated heterocycles. The lowest BCUT2D eigenvalue weighted by Crippen LogP contribution is -2.61. The lowest BCUT2D eigenvalue weighted by molar-refractivity contribution is -0.309. The summed E-state index contributed by atoms with van der Waals surface area (Å²) >= 11 is 0. The summed E-state index contributed by atoms with van der Waals surface area (Å²) < 4.78 is 11.4. The molecule has 1 heterocycles. The van der Waals surface area contributed by atoms with Crippen molar-refractivity contribution in [2.75, 3.05) is 0 Å². The number of Topliss-reactive ketones (excluding diaryl/α,β-unsaturated/α-hetero) is 1. The molecule has 0 unspecified atom stereocenters. The van der Waals surface area contributed by atoms with Gasteiger partial charge in [-0.2, -0.15) is 0 Å². The van der Waals surface area contributed by atoms with Gasteiger partial charge in [-0.25, -0.2) is 4.79 Å². The van der Waals surface area contributed by atoms with E-state index in [0.717, 1.165) is 38.5 Å². The van der Waals surface area contributed by atoms with Crippen LogP contribution in [-0.4, -0.2) is 69.0 Å². The Hall–Kier alpha value is -1.06. The van der Waals surface area contributed by atoms with Crippen LogP contribution in [0, 0.1) is 40.4 Å². The number of hydrogen-bond acceptors (Lipinski definition) is 7. The lowest BCUT2D eigenvalue weighted by Gasteiger charge is -2.61. The third kappa shape index (κ3) is 3.99. The van der Waals surface area contributed by atoms with Gasteiger partial charge in [-0.15, -0.1) is 0 Å². The monoisotopic (exact) mass is 494 g/mol. The van der Waals surface area contributed by atoms with E-state index in [-0.39, 0.29) is 22.9 Å². The number of rotatable bonds is 4. The SMILES string of the molecule is CC(=O)[C@H]1CC[C@H]2[C@@H]3CC[C@@H]4C[C@H](O[C@@H]5O[C@@H](C(=O)O)[C@@H](O)[C@H](O)[C@H]5O)CC[C@]4(C)[C@H]3CC[C@]12C. The highest BCUT2D eigenvalue weighted by atomic mass is 16.7. The molecule has 0 amide bonds. The van der Waals surface area contributed by atoms with Gasteiger partial charge in [0.25, 0.3) is 0 Å². The van der Waals surface area contributed by atoms with Crippen LogP contribution in [0.15, 0.2) is 0 Å². The van der Waals surface area contributed by atoms with E-state index >= 15 is 0 Å². The van der Waals surface area contributed by atoms with Crippen molar-refractivity contribution in [1.29, 1.82) is 0 Å². The number of aliphatic hydroxyl groups excluding tert-OH is 3. The number of carboxylic acids is 1. The van der Waals surface area contributed by atoms with Crippen molar-refractivity contribution < 1.29 is 39.5 Å². The first-order valence-corrected chi connectivity index (χ1v) is 13.6. The largest absolute Gasteiger partial charge is 0.479 e. The van der Waals surface area contributed by atoms with Gasteiger partial charge in [0.15, 0.2) is 12.4 Å². The highest BCUT2D eigenvalue weighted by molar-refractivity contribution is 5.79. The van der Waals surface area contributed by atoms with Crippen LogP contribution >= 0.6 is 0 Å². The normalized spacial score (nSPS) is 53.8. The zero-order valence-electron chi connectivity index (χ0n) is 21.1. The summed E-state index contributed by atoms with van der Waals surface area (Å²) in [7, 11) is 0. The first kappa shape index (κ1) is 25.6. The van der Waals surface area contributed by atoms with Gasteiger partial charge in [-0.1, -0.05) is 13.8 Å². The Morgan fingerprint density at radius 1 is 0.857 bits per heavy atom. The first-order chi connectivity index (χ1) is 16.5. The molecular formula is C27H42O8. The molecule has 0 spiro atoms. The topological polar surface area (TPSA) is 134 Å². The van der Waals surface area contributed by atoms with Crippen LogP contribution in [0.1, 0.15) is 78.6 Å². The van der Waals surface area contributed by atoms with Gasteiger partial charge in [0.2, 0.25) is 0 Å². The van der Waals surface area contributed by atoms with Crippen molar-refractivity contribution >= 4 is 11.8 Å². The minimum atomic E-state index is -1.71. The van der Waals surface area contributed by atoms with Gasteiger partial charge in [0.1, 0.15) is 24.1 Å². The molecule has 0 aromatic carbocycles. The van der Waals surface area contributed by atoms with Crippen LogP contribution in [-0.2, 0) is 19.1 Å². The number of carbonyl (C=O) groups is 2. The summed E-state index contributed by atoms with van der Waals surface area (Å²) in [5, 5.41) is 39.7. The molecule has 0 bridgehead atoms. The molecule has 198 valence electrons. The van der Waals surface area contributed by atoms with Crippen LogP contribution < -0.4 is 0 Å². The summed E-state index contributed by atoms with van der Waals surface area (Å²) in [5.74, 6) is 1.62. The highest BCUT2D eigenvalue weighted by Gasteiger charge is 2.61. The second-order valence-electron chi connectivity index (χ2n) is 12.7. The number of ketones is 1. The molecule has 8 nitrogen and oxygen atoms in total. The number of carbonyl (C=O) groups excluding carboxylic acids is 1. The van der Waals surface area contributed by atoms with Crippen LogP contribution in [0.2, 0.25) is 0 Å². The maximum absolute atomic E-state index is 12.4. The van der Waals surface area contributed by atoms with Crippen molar-refractivity contribution in [3.8, 4) is 0 Å².